The lowest BCUT2D eigenvalue weighted by Crippen LogP contribution is -1.86. The van der Waals surface area contributed by atoms with Crippen LogP contribution in [-0.4, -0.2) is 19.5 Å². The van der Waals surface area contributed by atoms with Gasteiger partial charge in [-0.25, -0.2) is 0 Å². The minimum atomic E-state index is 0.109. The third-order valence-corrected chi connectivity index (χ3v) is 1.07. The molecule has 0 aromatic carbocycles. The molecule has 0 radical (unpaired) electrons. The van der Waals surface area contributed by atoms with Crippen LogP contribution in [0.25, 0.3) is 0 Å². The summed E-state index contributed by atoms with van der Waals surface area (Å²) in [6, 6.07) is 0. The molecule has 0 aliphatic heterocycles. The smallest absolute Gasteiger partial charge is 0.152 e. The molecule has 0 bridgehead atoms. The molecule has 0 aliphatic rings. The zero-order valence-electron chi connectivity index (χ0n) is 6.59. The third-order valence-electron chi connectivity index (χ3n) is 1.07. The van der Waals surface area contributed by atoms with Crippen molar-refractivity contribution in [1.29, 1.82) is 0 Å². The number of ketones is 1. The lowest BCUT2D eigenvalue weighted by Gasteiger charge is -1.91. The molecule has 0 amide bonds. The second-order valence-electron chi connectivity index (χ2n) is 2.15. The molecular weight excluding hydrogens is 128 g/mol. The van der Waals surface area contributed by atoms with Crippen LogP contribution in [0.1, 0.15) is 19.8 Å². The average Bonchev–Trinajstić information content (AvgIpc) is 1.87. The van der Waals surface area contributed by atoms with Crippen molar-refractivity contribution in [2.75, 3.05) is 13.7 Å². The highest BCUT2D eigenvalue weighted by Crippen LogP contribution is 1.90. The van der Waals surface area contributed by atoms with Gasteiger partial charge in [-0.2, -0.15) is 0 Å². The van der Waals surface area contributed by atoms with Crippen molar-refractivity contribution >= 4 is 5.78 Å². The van der Waals surface area contributed by atoms with Crippen molar-refractivity contribution in [3.63, 3.8) is 0 Å². The minimum Gasteiger partial charge on any atom is -0.385 e. The Hall–Kier alpha value is -0.630. The molecule has 0 N–H and O–H groups in total. The highest BCUT2D eigenvalue weighted by molar-refractivity contribution is 5.87. The first-order chi connectivity index (χ1) is 4.77. The van der Waals surface area contributed by atoms with Crippen LogP contribution in [0.2, 0.25) is 0 Å². The normalized spacial score (nSPS) is 10.6. The summed E-state index contributed by atoms with van der Waals surface area (Å²) < 4.78 is 4.83. The minimum absolute atomic E-state index is 0.109. The van der Waals surface area contributed by atoms with Gasteiger partial charge in [0.15, 0.2) is 5.78 Å². The maximum absolute atomic E-state index is 10.4. The van der Waals surface area contributed by atoms with E-state index in [1.807, 2.05) is 6.08 Å². The van der Waals surface area contributed by atoms with Crippen molar-refractivity contribution in [1.82, 2.24) is 0 Å². The number of hydrogen-bond acceptors (Lipinski definition) is 2. The fourth-order valence-electron chi connectivity index (χ4n) is 0.595. The van der Waals surface area contributed by atoms with Gasteiger partial charge in [0.05, 0.1) is 0 Å². The molecule has 0 heterocycles. The van der Waals surface area contributed by atoms with E-state index in [-0.39, 0.29) is 5.78 Å². The molecule has 0 aromatic rings. The Kier molecular flexibility index (Phi) is 6.08. The van der Waals surface area contributed by atoms with Crippen molar-refractivity contribution in [3.8, 4) is 0 Å². The molecule has 0 saturated carbocycles. The molecular formula is C8H14O2. The summed E-state index contributed by atoms with van der Waals surface area (Å²) in [7, 11) is 1.68. The quantitative estimate of drug-likeness (QED) is 0.430. The molecule has 0 rings (SSSR count). The van der Waals surface area contributed by atoms with Gasteiger partial charge in [0.25, 0.3) is 0 Å². The van der Waals surface area contributed by atoms with Gasteiger partial charge in [0, 0.05) is 13.7 Å². The predicted octanol–water partition coefficient (Wildman–Crippen LogP) is 1.56. The fraction of sp³-hybridized carbons (Fsp3) is 0.625. The number of ether oxygens (including phenoxy) is 1. The van der Waals surface area contributed by atoms with Crippen LogP contribution in [0.4, 0.5) is 0 Å². The Balaban J connectivity index is 3.10. The van der Waals surface area contributed by atoms with Gasteiger partial charge in [-0.15, -0.1) is 0 Å². The zero-order chi connectivity index (χ0) is 7.82. The second-order valence-corrected chi connectivity index (χ2v) is 2.15. The third kappa shape index (κ3) is 7.37. The van der Waals surface area contributed by atoms with E-state index in [4.69, 9.17) is 4.74 Å². The summed E-state index contributed by atoms with van der Waals surface area (Å²) >= 11 is 0. The Morgan fingerprint density at radius 3 is 2.80 bits per heavy atom. The largest absolute Gasteiger partial charge is 0.385 e. The van der Waals surface area contributed by atoms with Crippen LogP contribution in [0.5, 0.6) is 0 Å². The maximum atomic E-state index is 10.4. The van der Waals surface area contributed by atoms with Gasteiger partial charge in [-0.05, 0) is 25.8 Å². The lowest BCUT2D eigenvalue weighted by atomic mass is 10.3. The van der Waals surface area contributed by atoms with E-state index < -0.39 is 0 Å². The number of carbonyl (C=O) groups excluding carboxylic acids is 1. The maximum Gasteiger partial charge on any atom is 0.152 e. The Labute approximate surface area is 61.9 Å². The van der Waals surface area contributed by atoms with Gasteiger partial charge >= 0.3 is 0 Å². The summed E-state index contributed by atoms with van der Waals surface area (Å²) in [6.45, 7) is 2.31. The Bertz CT molecular complexity index is 116. The molecule has 0 saturated heterocycles. The summed E-state index contributed by atoms with van der Waals surface area (Å²) in [5.41, 5.74) is 0. The van der Waals surface area contributed by atoms with Crippen LogP contribution >= 0.6 is 0 Å². The summed E-state index contributed by atoms with van der Waals surface area (Å²) in [6.07, 6.45) is 5.38. The first-order valence-electron chi connectivity index (χ1n) is 3.43. The van der Waals surface area contributed by atoms with Gasteiger partial charge in [-0.3, -0.25) is 4.79 Å². The van der Waals surface area contributed by atoms with Crippen molar-refractivity contribution in [2.45, 2.75) is 19.8 Å². The second kappa shape index (κ2) is 6.49. The monoisotopic (exact) mass is 142 g/mol. The van der Waals surface area contributed by atoms with Crippen LogP contribution in [-0.2, 0) is 9.53 Å². The molecule has 58 valence electrons. The first kappa shape index (κ1) is 9.37. The summed E-state index contributed by atoms with van der Waals surface area (Å²) in [4.78, 5) is 10.4. The van der Waals surface area contributed by atoms with Crippen LogP contribution in [0.3, 0.4) is 0 Å². The van der Waals surface area contributed by atoms with E-state index in [1.54, 1.807) is 20.1 Å². The molecule has 0 aromatic heterocycles. The van der Waals surface area contributed by atoms with Crippen LogP contribution in [0, 0.1) is 0 Å². The molecule has 0 spiro atoms. The number of hydrogen-bond donors (Lipinski definition) is 0. The summed E-state index contributed by atoms with van der Waals surface area (Å²) in [5.74, 6) is 0.109. The van der Waals surface area contributed by atoms with E-state index in [0.29, 0.717) is 0 Å². The van der Waals surface area contributed by atoms with E-state index in [9.17, 15) is 4.79 Å². The van der Waals surface area contributed by atoms with Crippen LogP contribution in [0.15, 0.2) is 12.2 Å². The lowest BCUT2D eigenvalue weighted by molar-refractivity contribution is -0.112. The zero-order valence-corrected chi connectivity index (χ0v) is 6.59. The topological polar surface area (TPSA) is 26.3 Å². The average molecular weight is 142 g/mol. The van der Waals surface area contributed by atoms with Crippen molar-refractivity contribution < 1.29 is 9.53 Å². The molecule has 0 atom stereocenters. The molecule has 0 aliphatic carbocycles. The van der Waals surface area contributed by atoms with Gasteiger partial charge in [0.2, 0.25) is 0 Å². The summed E-state index contributed by atoms with van der Waals surface area (Å²) in [5, 5.41) is 0. The molecule has 2 nitrogen and oxygen atoms in total. The SMILES string of the molecule is COCCCC=CC(C)=O. The molecule has 0 unspecified atom stereocenters. The van der Waals surface area contributed by atoms with E-state index in [0.717, 1.165) is 19.4 Å². The highest BCUT2D eigenvalue weighted by Gasteiger charge is 1.83. The standard InChI is InChI=1S/C8H14O2/c1-8(9)6-4-3-5-7-10-2/h4,6H,3,5,7H2,1-2H3. The van der Waals surface area contributed by atoms with Crippen molar-refractivity contribution in [2.24, 2.45) is 0 Å². The number of methoxy groups -OCH3 is 1. The first-order valence-corrected chi connectivity index (χ1v) is 3.43. The fourth-order valence-corrected chi connectivity index (χ4v) is 0.595. The molecule has 10 heavy (non-hydrogen) atoms. The van der Waals surface area contributed by atoms with Crippen LogP contribution < -0.4 is 0 Å². The number of rotatable bonds is 5. The van der Waals surface area contributed by atoms with Gasteiger partial charge in [-0.1, -0.05) is 6.08 Å². The molecule has 0 fully saturated rings. The van der Waals surface area contributed by atoms with Gasteiger partial charge in [0.1, 0.15) is 0 Å². The van der Waals surface area contributed by atoms with E-state index in [2.05, 4.69) is 0 Å². The molecule has 2 heteroatoms. The Morgan fingerprint density at radius 2 is 2.30 bits per heavy atom. The van der Waals surface area contributed by atoms with E-state index in [1.165, 1.54) is 0 Å². The Morgan fingerprint density at radius 1 is 1.60 bits per heavy atom. The van der Waals surface area contributed by atoms with E-state index >= 15 is 0 Å². The number of carbonyl (C=O) groups is 1. The predicted molar refractivity (Wildman–Crippen MR) is 40.9 cm³/mol. The van der Waals surface area contributed by atoms with Gasteiger partial charge < -0.3 is 4.74 Å². The number of unbranched alkanes of at least 4 members (excludes halogenated alkanes) is 1. The van der Waals surface area contributed by atoms with Crippen molar-refractivity contribution in [3.05, 3.63) is 12.2 Å². The number of allylic oxidation sites excluding steroid dienone is 2. The highest BCUT2D eigenvalue weighted by atomic mass is 16.5.